The summed E-state index contributed by atoms with van der Waals surface area (Å²) < 4.78 is 6.47. The maximum Gasteiger partial charge on any atom is 0.279 e. The molecule has 1 N–H and O–H groups in total. The van der Waals surface area contributed by atoms with Crippen molar-refractivity contribution in [1.29, 1.82) is 0 Å². The van der Waals surface area contributed by atoms with Gasteiger partial charge in [-0.25, -0.2) is 0 Å². The van der Waals surface area contributed by atoms with Crippen LogP contribution in [0, 0.1) is 0 Å². The molecule has 1 heterocycles. The van der Waals surface area contributed by atoms with E-state index in [9.17, 15) is 9.59 Å². The van der Waals surface area contributed by atoms with Crippen molar-refractivity contribution in [2.75, 3.05) is 34.3 Å². The zero-order valence-corrected chi connectivity index (χ0v) is 15.6. The highest BCUT2D eigenvalue weighted by atomic mass is 16.5. The van der Waals surface area contributed by atoms with E-state index in [1.807, 2.05) is 19.0 Å². The van der Waals surface area contributed by atoms with Crippen LogP contribution in [-0.4, -0.2) is 54.9 Å². The highest BCUT2D eigenvalue weighted by Gasteiger charge is 2.17. The number of fused-ring (bicyclic) bond motifs is 1. The van der Waals surface area contributed by atoms with Crippen LogP contribution in [0.1, 0.15) is 10.5 Å². The largest absolute Gasteiger partial charge is 0.497 e. The second kappa shape index (κ2) is 8.01. The molecule has 0 unspecified atom stereocenters. The highest BCUT2D eigenvalue weighted by molar-refractivity contribution is 6.04. The van der Waals surface area contributed by atoms with E-state index < -0.39 is 0 Å². The number of nitrogens with one attached hydrogen (secondary N) is 1. The number of ether oxygens (including phenoxy) is 1. The zero-order valence-electron chi connectivity index (χ0n) is 15.6. The van der Waals surface area contributed by atoms with Crippen molar-refractivity contribution in [2.24, 2.45) is 0 Å². The van der Waals surface area contributed by atoms with E-state index in [1.54, 1.807) is 55.6 Å². The van der Waals surface area contributed by atoms with Crippen LogP contribution in [0.15, 0.2) is 53.3 Å². The van der Waals surface area contributed by atoms with Gasteiger partial charge in [-0.1, -0.05) is 24.3 Å². The Balaban J connectivity index is 2.11. The van der Waals surface area contributed by atoms with E-state index in [1.165, 1.54) is 4.68 Å². The minimum atomic E-state index is -0.315. The minimum absolute atomic E-state index is 0.215. The molecule has 0 spiro atoms. The van der Waals surface area contributed by atoms with Gasteiger partial charge < -0.3 is 15.0 Å². The lowest BCUT2D eigenvalue weighted by Gasteiger charge is -2.13. The van der Waals surface area contributed by atoms with Crippen LogP contribution in [0.2, 0.25) is 0 Å². The number of rotatable bonds is 6. The maximum atomic E-state index is 12.9. The molecule has 0 bridgehead atoms. The number of hydrogen-bond donors (Lipinski definition) is 1. The van der Waals surface area contributed by atoms with Gasteiger partial charge in [0.15, 0.2) is 5.69 Å². The summed E-state index contributed by atoms with van der Waals surface area (Å²) in [5, 5.41) is 8.20. The zero-order chi connectivity index (χ0) is 19.4. The average molecular weight is 366 g/mol. The van der Waals surface area contributed by atoms with Crippen LogP contribution in [0.5, 0.6) is 5.75 Å². The van der Waals surface area contributed by atoms with Gasteiger partial charge in [0.05, 0.1) is 18.2 Å². The first-order chi connectivity index (χ1) is 13.0. The molecule has 0 fully saturated rings. The number of likely N-dealkylation sites (N-methyl/N-ethyl adjacent to an activating group) is 1. The summed E-state index contributed by atoms with van der Waals surface area (Å²) >= 11 is 0. The Labute approximate surface area is 157 Å². The molecule has 0 aliphatic carbocycles. The second-order valence-electron chi connectivity index (χ2n) is 6.37. The van der Waals surface area contributed by atoms with Crippen LogP contribution in [0.3, 0.4) is 0 Å². The van der Waals surface area contributed by atoms with Crippen molar-refractivity contribution in [3.63, 3.8) is 0 Å². The fourth-order valence-corrected chi connectivity index (χ4v) is 2.75. The molecular weight excluding hydrogens is 344 g/mol. The fraction of sp³-hybridized carbons (Fsp3) is 0.250. The third-order valence-electron chi connectivity index (χ3n) is 4.16. The SMILES string of the molecule is COc1cccc(-n2nc(C(=O)NCCN(C)C)c3ccccc3c2=O)c1. The lowest BCUT2D eigenvalue weighted by molar-refractivity contribution is 0.0946. The number of carbonyl (C=O) groups excluding carboxylic acids is 1. The van der Waals surface area contributed by atoms with Crippen molar-refractivity contribution in [3.05, 3.63) is 64.6 Å². The summed E-state index contributed by atoms with van der Waals surface area (Å²) in [7, 11) is 5.42. The number of benzene rings is 2. The summed E-state index contributed by atoms with van der Waals surface area (Å²) in [5.74, 6) is 0.288. The number of aromatic nitrogens is 2. The average Bonchev–Trinajstić information content (AvgIpc) is 2.68. The Kier molecular flexibility index (Phi) is 5.52. The molecule has 0 saturated carbocycles. The van der Waals surface area contributed by atoms with Crippen LogP contribution in [-0.2, 0) is 0 Å². The molecule has 27 heavy (non-hydrogen) atoms. The van der Waals surface area contributed by atoms with Gasteiger partial charge in [0.2, 0.25) is 0 Å². The molecule has 0 aliphatic rings. The predicted molar refractivity (Wildman–Crippen MR) is 105 cm³/mol. The molecule has 0 aliphatic heterocycles. The normalized spacial score (nSPS) is 11.0. The molecule has 140 valence electrons. The standard InChI is InChI=1S/C20H22N4O3/c1-23(2)12-11-21-19(25)18-16-9-4-5-10-17(16)20(26)24(22-18)14-7-6-8-15(13-14)27-3/h4-10,13H,11-12H2,1-3H3,(H,21,25). The Bertz CT molecular complexity index is 1030. The van der Waals surface area contributed by atoms with Crippen molar-refractivity contribution in [1.82, 2.24) is 20.0 Å². The lowest BCUT2D eigenvalue weighted by atomic mass is 10.1. The third-order valence-corrected chi connectivity index (χ3v) is 4.16. The molecule has 3 aromatic rings. The van der Waals surface area contributed by atoms with Crippen LogP contribution in [0.4, 0.5) is 0 Å². The molecule has 1 amide bonds. The number of amides is 1. The van der Waals surface area contributed by atoms with E-state index in [2.05, 4.69) is 10.4 Å². The fourth-order valence-electron chi connectivity index (χ4n) is 2.75. The minimum Gasteiger partial charge on any atom is -0.497 e. The molecule has 0 saturated heterocycles. The van der Waals surface area contributed by atoms with E-state index >= 15 is 0 Å². The molecule has 3 rings (SSSR count). The van der Waals surface area contributed by atoms with Crippen LogP contribution in [0.25, 0.3) is 16.5 Å². The summed E-state index contributed by atoms with van der Waals surface area (Å²) in [4.78, 5) is 27.6. The predicted octanol–water partition coefficient (Wildman–Crippen LogP) is 1.69. The molecule has 2 aromatic carbocycles. The molecule has 0 radical (unpaired) electrons. The number of carbonyl (C=O) groups is 1. The molecule has 7 heteroatoms. The highest BCUT2D eigenvalue weighted by Crippen LogP contribution is 2.18. The molecule has 7 nitrogen and oxygen atoms in total. The first-order valence-corrected chi connectivity index (χ1v) is 8.60. The van der Waals surface area contributed by atoms with Gasteiger partial charge in [0.25, 0.3) is 11.5 Å². The van der Waals surface area contributed by atoms with Gasteiger partial charge in [0.1, 0.15) is 5.75 Å². The van der Waals surface area contributed by atoms with Crippen molar-refractivity contribution in [2.45, 2.75) is 0 Å². The third kappa shape index (κ3) is 3.98. The number of methoxy groups -OCH3 is 1. The summed E-state index contributed by atoms with van der Waals surface area (Å²) in [6.45, 7) is 1.19. The topological polar surface area (TPSA) is 76.5 Å². The summed E-state index contributed by atoms with van der Waals surface area (Å²) in [6.07, 6.45) is 0. The molecular formula is C20H22N4O3. The Morgan fingerprint density at radius 2 is 1.89 bits per heavy atom. The van der Waals surface area contributed by atoms with Gasteiger partial charge in [-0.05, 0) is 32.3 Å². The second-order valence-corrected chi connectivity index (χ2v) is 6.37. The summed E-state index contributed by atoms with van der Waals surface area (Å²) in [6, 6.07) is 14.0. The quantitative estimate of drug-likeness (QED) is 0.718. The van der Waals surface area contributed by atoms with Gasteiger partial charge in [-0.2, -0.15) is 9.78 Å². The van der Waals surface area contributed by atoms with Crippen molar-refractivity contribution in [3.8, 4) is 11.4 Å². The van der Waals surface area contributed by atoms with Crippen LogP contribution < -0.4 is 15.6 Å². The van der Waals surface area contributed by atoms with Crippen molar-refractivity contribution >= 4 is 16.7 Å². The molecule has 0 atom stereocenters. The number of nitrogens with zero attached hydrogens (tertiary/aromatic N) is 3. The Morgan fingerprint density at radius 1 is 1.15 bits per heavy atom. The smallest absolute Gasteiger partial charge is 0.279 e. The van der Waals surface area contributed by atoms with Gasteiger partial charge in [-0.3, -0.25) is 9.59 Å². The van der Waals surface area contributed by atoms with E-state index in [0.29, 0.717) is 35.3 Å². The van der Waals surface area contributed by atoms with Crippen LogP contribution >= 0.6 is 0 Å². The van der Waals surface area contributed by atoms with E-state index in [4.69, 9.17) is 4.74 Å². The summed E-state index contributed by atoms with van der Waals surface area (Å²) in [5.41, 5.74) is 0.461. The maximum absolute atomic E-state index is 12.9. The Hall–Kier alpha value is -3.19. The van der Waals surface area contributed by atoms with E-state index in [-0.39, 0.29) is 17.2 Å². The monoisotopic (exact) mass is 366 g/mol. The van der Waals surface area contributed by atoms with E-state index in [0.717, 1.165) is 0 Å². The molecule has 1 aromatic heterocycles. The first-order valence-electron chi connectivity index (χ1n) is 8.60. The lowest BCUT2D eigenvalue weighted by Crippen LogP contribution is -2.34. The van der Waals surface area contributed by atoms with Gasteiger partial charge in [-0.15, -0.1) is 0 Å². The first kappa shape index (κ1) is 18.6. The Morgan fingerprint density at radius 3 is 2.59 bits per heavy atom. The van der Waals surface area contributed by atoms with Crippen molar-refractivity contribution < 1.29 is 9.53 Å². The van der Waals surface area contributed by atoms with Gasteiger partial charge >= 0.3 is 0 Å². The number of hydrogen-bond acceptors (Lipinski definition) is 5. The van der Waals surface area contributed by atoms with Gasteiger partial charge in [0, 0.05) is 24.5 Å².